The topological polar surface area (TPSA) is 73.7 Å². The summed E-state index contributed by atoms with van der Waals surface area (Å²) in [6.07, 6.45) is 6.71. The van der Waals surface area contributed by atoms with Crippen molar-refractivity contribution in [3.63, 3.8) is 0 Å². The molecule has 148 valence electrons. The molecule has 0 spiro atoms. The highest BCUT2D eigenvalue weighted by atomic mass is 16.5. The molecule has 0 fully saturated rings. The van der Waals surface area contributed by atoms with Gasteiger partial charge in [0.1, 0.15) is 17.9 Å². The first-order valence-corrected chi connectivity index (χ1v) is 9.48. The molecular weight excluding hydrogens is 358 g/mol. The number of carbonyl (C=O) groups excluding carboxylic acids is 2. The summed E-state index contributed by atoms with van der Waals surface area (Å²) in [5.74, 6) is 1.04. The summed E-state index contributed by atoms with van der Waals surface area (Å²) in [4.78, 5) is 30.5. The maximum Gasteiger partial charge on any atom is 0.337 e. The number of ether oxygens (including phenoxy) is 2. The van der Waals surface area contributed by atoms with Gasteiger partial charge in [-0.05, 0) is 44.4 Å². The van der Waals surface area contributed by atoms with Crippen LogP contribution in [0, 0.1) is 6.92 Å². The quantitative estimate of drug-likeness (QED) is 0.517. The number of benzene rings is 1. The zero-order valence-electron chi connectivity index (χ0n) is 16.3. The Morgan fingerprint density at radius 3 is 2.89 bits per heavy atom. The zero-order valence-corrected chi connectivity index (χ0v) is 16.3. The van der Waals surface area contributed by atoms with Crippen LogP contribution < -0.4 is 9.64 Å². The van der Waals surface area contributed by atoms with Crippen molar-refractivity contribution in [3.05, 3.63) is 47.9 Å². The Morgan fingerprint density at radius 2 is 2.11 bits per heavy atom. The molecule has 7 heteroatoms. The number of unbranched alkanes of at least 4 members (excludes halogenated alkanes) is 1. The van der Waals surface area contributed by atoms with Crippen LogP contribution in [-0.2, 0) is 14.3 Å². The third kappa shape index (κ3) is 4.79. The number of hydrogen-bond acceptors (Lipinski definition) is 5. The van der Waals surface area contributed by atoms with Crippen molar-refractivity contribution in [3.8, 4) is 5.75 Å². The molecule has 0 radical (unpaired) electrons. The molecule has 0 aliphatic carbocycles. The predicted octanol–water partition coefficient (Wildman–Crippen LogP) is 3.19. The summed E-state index contributed by atoms with van der Waals surface area (Å²) in [5, 5.41) is 0. The molecule has 1 aliphatic rings. The lowest BCUT2D eigenvalue weighted by Crippen LogP contribution is -2.38. The highest BCUT2D eigenvalue weighted by Crippen LogP contribution is 2.24. The normalized spacial score (nSPS) is 12.9. The van der Waals surface area contributed by atoms with Gasteiger partial charge in [-0.2, -0.15) is 0 Å². The van der Waals surface area contributed by atoms with Gasteiger partial charge in [-0.25, -0.2) is 9.78 Å². The molecule has 0 atom stereocenters. The molecule has 3 rings (SSSR count). The molecule has 1 aliphatic heterocycles. The van der Waals surface area contributed by atoms with Gasteiger partial charge in [0, 0.05) is 12.6 Å². The van der Waals surface area contributed by atoms with Gasteiger partial charge in [0.2, 0.25) is 5.91 Å². The van der Waals surface area contributed by atoms with Crippen molar-refractivity contribution in [2.24, 2.45) is 0 Å². The van der Waals surface area contributed by atoms with Gasteiger partial charge < -0.3 is 9.47 Å². The summed E-state index contributed by atoms with van der Waals surface area (Å²) >= 11 is 0. The molecular formula is C21H25N3O4. The second kappa shape index (κ2) is 9.21. The van der Waals surface area contributed by atoms with E-state index in [2.05, 4.69) is 4.98 Å². The van der Waals surface area contributed by atoms with Crippen molar-refractivity contribution in [1.82, 2.24) is 9.55 Å². The smallest absolute Gasteiger partial charge is 0.337 e. The van der Waals surface area contributed by atoms with Crippen LogP contribution in [0.4, 0.5) is 5.82 Å². The molecule has 2 heterocycles. The van der Waals surface area contributed by atoms with E-state index in [9.17, 15) is 9.59 Å². The highest BCUT2D eigenvalue weighted by Gasteiger charge is 2.27. The van der Waals surface area contributed by atoms with E-state index in [-0.39, 0.29) is 12.5 Å². The van der Waals surface area contributed by atoms with Crippen molar-refractivity contribution in [1.29, 1.82) is 0 Å². The van der Waals surface area contributed by atoms with E-state index in [0.29, 0.717) is 37.4 Å². The standard InChI is InChI=1S/C21H25N3O4/c1-3-27-21(26)17-13-23-15-22-12-19(23)24(14-17)20(25)9-4-5-10-28-18-8-6-7-16(2)11-18/h6-8,11-13,15H,3-5,9-10,14H2,1-2H3. The first kappa shape index (κ1) is 19.7. The molecule has 0 bridgehead atoms. The Hall–Kier alpha value is -3.09. The first-order valence-electron chi connectivity index (χ1n) is 9.48. The minimum Gasteiger partial charge on any atom is -0.494 e. The summed E-state index contributed by atoms with van der Waals surface area (Å²) < 4.78 is 12.5. The van der Waals surface area contributed by atoms with Crippen LogP contribution in [0.25, 0.3) is 6.20 Å². The fourth-order valence-corrected chi connectivity index (χ4v) is 3.03. The first-order chi connectivity index (χ1) is 13.6. The number of imidazole rings is 1. The minimum absolute atomic E-state index is 0.0489. The van der Waals surface area contributed by atoms with E-state index < -0.39 is 5.97 Å². The Morgan fingerprint density at radius 1 is 1.25 bits per heavy atom. The van der Waals surface area contributed by atoms with Gasteiger partial charge in [-0.1, -0.05) is 12.1 Å². The Balaban J connectivity index is 1.51. The second-order valence-electron chi connectivity index (χ2n) is 6.64. The number of carbonyl (C=O) groups is 2. The van der Waals surface area contributed by atoms with Crippen molar-refractivity contribution < 1.29 is 19.1 Å². The van der Waals surface area contributed by atoms with Gasteiger partial charge in [-0.15, -0.1) is 0 Å². The van der Waals surface area contributed by atoms with Crippen LogP contribution >= 0.6 is 0 Å². The minimum atomic E-state index is -0.411. The van der Waals surface area contributed by atoms with Gasteiger partial charge in [0.25, 0.3) is 0 Å². The van der Waals surface area contributed by atoms with Crippen LogP contribution in [0.2, 0.25) is 0 Å². The number of esters is 1. The molecule has 0 unspecified atom stereocenters. The number of nitrogens with zero attached hydrogens (tertiary/aromatic N) is 3. The van der Waals surface area contributed by atoms with E-state index in [0.717, 1.165) is 17.7 Å². The summed E-state index contributed by atoms with van der Waals surface area (Å²) in [6, 6.07) is 7.90. The van der Waals surface area contributed by atoms with Crippen molar-refractivity contribution >= 4 is 23.9 Å². The van der Waals surface area contributed by atoms with Crippen molar-refractivity contribution in [2.45, 2.75) is 33.1 Å². The molecule has 1 aromatic carbocycles. The summed E-state index contributed by atoms with van der Waals surface area (Å²) in [7, 11) is 0. The molecule has 7 nitrogen and oxygen atoms in total. The third-order valence-electron chi connectivity index (χ3n) is 4.43. The van der Waals surface area contributed by atoms with Crippen LogP contribution in [0.5, 0.6) is 5.75 Å². The number of fused-ring (bicyclic) bond motifs is 1. The lowest BCUT2D eigenvalue weighted by molar-refractivity contribution is -0.138. The number of amides is 1. The average Bonchev–Trinajstić information content (AvgIpc) is 3.15. The van der Waals surface area contributed by atoms with Gasteiger partial charge in [0.05, 0.1) is 31.5 Å². The number of aryl methyl sites for hydroxylation is 1. The third-order valence-corrected chi connectivity index (χ3v) is 4.43. The number of hydrogen-bond donors (Lipinski definition) is 0. The fraction of sp³-hybridized carbons (Fsp3) is 0.381. The summed E-state index contributed by atoms with van der Waals surface area (Å²) in [5.41, 5.74) is 1.59. The lowest BCUT2D eigenvalue weighted by atomic mass is 10.2. The molecule has 0 saturated heterocycles. The van der Waals surface area contributed by atoms with E-state index in [1.807, 2.05) is 31.2 Å². The van der Waals surface area contributed by atoms with E-state index in [1.54, 1.807) is 35.1 Å². The number of aromatic nitrogens is 2. The van der Waals surface area contributed by atoms with Crippen molar-refractivity contribution in [2.75, 3.05) is 24.7 Å². The zero-order chi connectivity index (χ0) is 19.9. The van der Waals surface area contributed by atoms with Crippen LogP contribution in [0.15, 0.2) is 42.4 Å². The molecule has 1 aromatic heterocycles. The SMILES string of the molecule is CCOC(=O)C1=Cn2cncc2N(C(=O)CCCCOc2cccc(C)c2)C1. The summed E-state index contributed by atoms with van der Waals surface area (Å²) in [6.45, 7) is 4.83. The van der Waals surface area contributed by atoms with Gasteiger partial charge >= 0.3 is 5.97 Å². The van der Waals surface area contributed by atoms with E-state index in [4.69, 9.17) is 9.47 Å². The van der Waals surface area contributed by atoms with Crippen LogP contribution in [-0.4, -0.2) is 41.2 Å². The molecule has 0 saturated carbocycles. The van der Waals surface area contributed by atoms with Gasteiger partial charge in [0.15, 0.2) is 0 Å². The largest absolute Gasteiger partial charge is 0.494 e. The Labute approximate surface area is 164 Å². The molecule has 28 heavy (non-hydrogen) atoms. The van der Waals surface area contributed by atoms with Crippen LogP contribution in [0.3, 0.4) is 0 Å². The molecule has 0 N–H and O–H groups in total. The Kier molecular flexibility index (Phi) is 6.47. The molecule has 2 aromatic rings. The predicted molar refractivity (Wildman–Crippen MR) is 106 cm³/mol. The maximum absolute atomic E-state index is 12.7. The maximum atomic E-state index is 12.7. The van der Waals surface area contributed by atoms with E-state index >= 15 is 0 Å². The second-order valence-corrected chi connectivity index (χ2v) is 6.64. The van der Waals surface area contributed by atoms with Crippen LogP contribution in [0.1, 0.15) is 31.7 Å². The molecule has 1 amide bonds. The lowest BCUT2D eigenvalue weighted by Gasteiger charge is -2.27. The van der Waals surface area contributed by atoms with Gasteiger partial charge in [-0.3, -0.25) is 14.3 Å². The fourth-order valence-electron chi connectivity index (χ4n) is 3.03. The van der Waals surface area contributed by atoms with E-state index in [1.165, 1.54) is 0 Å². The average molecular weight is 383 g/mol. The number of anilines is 1. The Bertz CT molecular complexity index is 872. The monoisotopic (exact) mass is 383 g/mol. The number of rotatable bonds is 8. The highest BCUT2D eigenvalue weighted by molar-refractivity contribution is 6.00.